The maximum Gasteiger partial charge on any atom is 0.0795 e. The van der Waals surface area contributed by atoms with E-state index in [9.17, 15) is 5.11 Å². The Kier molecular flexibility index (Phi) is 3.66. The Morgan fingerprint density at radius 1 is 1.15 bits per heavy atom. The summed E-state index contributed by atoms with van der Waals surface area (Å²) in [7, 11) is 0. The third-order valence-electron chi connectivity index (χ3n) is 5.54. The van der Waals surface area contributed by atoms with Crippen LogP contribution < -0.4 is 0 Å². The zero-order valence-corrected chi connectivity index (χ0v) is 13.1. The topological polar surface area (TPSA) is 20.2 Å². The lowest BCUT2D eigenvalue weighted by Gasteiger charge is -2.28. The molecule has 2 aliphatic carbocycles. The largest absolute Gasteiger partial charge is 0.388 e. The SMILES string of the molecule is CC(C)(C)c1ccccc1C(O)CC1CC2CCC1C2. The highest BCUT2D eigenvalue weighted by atomic mass is 16.3. The van der Waals surface area contributed by atoms with E-state index in [1.54, 1.807) is 0 Å². The molecule has 0 aliphatic heterocycles. The summed E-state index contributed by atoms with van der Waals surface area (Å²) in [6.07, 6.45) is 6.32. The molecule has 1 aromatic carbocycles. The van der Waals surface area contributed by atoms with Gasteiger partial charge in [0.1, 0.15) is 0 Å². The Morgan fingerprint density at radius 2 is 1.90 bits per heavy atom. The molecular formula is C19H28O. The van der Waals surface area contributed by atoms with E-state index in [1.165, 1.54) is 31.2 Å². The van der Waals surface area contributed by atoms with Crippen LogP contribution in [0.3, 0.4) is 0 Å². The van der Waals surface area contributed by atoms with Gasteiger partial charge in [0.2, 0.25) is 0 Å². The molecule has 1 nitrogen and oxygen atoms in total. The molecule has 0 saturated heterocycles. The lowest BCUT2D eigenvalue weighted by molar-refractivity contribution is 0.124. The van der Waals surface area contributed by atoms with Crippen LogP contribution in [-0.2, 0) is 5.41 Å². The molecule has 4 atom stereocenters. The molecule has 4 unspecified atom stereocenters. The van der Waals surface area contributed by atoms with Crippen molar-refractivity contribution in [1.82, 2.24) is 0 Å². The van der Waals surface area contributed by atoms with Gasteiger partial charge < -0.3 is 5.11 Å². The van der Waals surface area contributed by atoms with E-state index in [4.69, 9.17) is 0 Å². The maximum atomic E-state index is 10.8. The quantitative estimate of drug-likeness (QED) is 0.834. The number of fused-ring (bicyclic) bond motifs is 2. The molecule has 110 valence electrons. The zero-order valence-electron chi connectivity index (χ0n) is 13.1. The number of aliphatic hydroxyl groups excluding tert-OH is 1. The van der Waals surface area contributed by atoms with Gasteiger partial charge in [0.15, 0.2) is 0 Å². The molecule has 0 amide bonds. The second kappa shape index (κ2) is 5.18. The van der Waals surface area contributed by atoms with Crippen LogP contribution in [0, 0.1) is 17.8 Å². The predicted octanol–water partition coefficient (Wildman–Crippen LogP) is 4.84. The summed E-state index contributed by atoms with van der Waals surface area (Å²) >= 11 is 0. The Bertz CT molecular complexity index is 471. The molecule has 20 heavy (non-hydrogen) atoms. The van der Waals surface area contributed by atoms with Crippen molar-refractivity contribution in [2.75, 3.05) is 0 Å². The fraction of sp³-hybridized carbons (Fsp3) is 0.684. The summed E-state index contributed by atoms with van der Waals surface area (Å²) in [6, 6.07) is 8.46. The van der Waals surface area contributed by atoms with E-state index < -0.39 is 0 Å². The molecule has 1 N–H and O–H groups in total. The Hall–Kier alpha value is -0.820. The number of aliphatic hydroxyl groups is 1. The standard InChI is InChI=1S/C19H28O/c1-19(2,3)17-7-5-4-6-16(17)18(20)12-15-11-13-8-9-14(15)10-13/h4-7,13-15,18,20H,8-12H2,1-3H3. The number of rotatable bonds is 3. The summed E-state index contributed by atoms with van der Waals surface area (Å²) in [4.78, 5) is 0. The van der Waals surface area contributed by atoms with Gasteiger partial charge in [0.05, 0.1) is 6.10 Å². The summed E-state index contributed by atoms with van der Waals surface area (Å²) in [6.45, 7) is 6.70. The molecule has 0 radical (unpaired) electrons. The summed E-state index contributed by atoms with van der Waals surface area (Å²) < 4.78 is 0. The van der Waals surface area contributed by atoms with Crippen molar-refractivity contribution in [3.8, 4) is 0 Å². The minimum Gasteiger partial charge on any atom is -0.388 e. The first kappa shape index (κ1) is 14.1. The third-order valence-corrected chi connectivity index (χ3v) is 5.54. The van der Waals surface area contributed by atoms with Crippen molar-refractivity contribution >= 4 is 0 Å². The molecule has 0 spiro atoms. The zero-order chi connectivity index (χ0) is 14.3. The van der Waals surface area contributed by atoms with Gasteiger partial charge in [-0.1, -0.05) is 51.5 Å². The minimum absolute atomic E-state index is 0.103. The lowest BCUT2D eigenvalue weighted by atomic mass is 9.79. The first-order chi connectivity index (χ1) is 9.45. The molecule has 2 aliphatic rings. The molecule has 0 aromatic heterocycles. The molecule has 2 saturated carbocycles. The highest BCUT2D eigenvalue weighted by Crippen LogP contribution is 2.51. The fourth-order valence-corrected chi connectivity index (χ4v) is 4.55. The number of benzene rings is 1. The Balaban J connectivity index is 1.76. The average molecular weight is 272 g/mol. The van der Waals surface area contributed by atoms with Gasteiger partial charge in [-0.2, -0.15) is 0 Å². The van der Waals surface area contributed by atoms with E-state index in [-0.39, 0.29) is 11.5 Å². The monoisotopic (exact) mass is 272 g/mol. The van der Waals surface area contributed by atoms with Crippen LogP contribution >= 0.6 is 0 Å². The second-order valence-corrected chi connectivity index (χ2v) is 8.02. The van der Waals surface area contributed by atoms with E-state index in [2.05, 4.69) is 45.0 Å². The summed E-state index contributed by atoms with van der Waals surface area (Å²) in [5.74, 6) is 2.63. The first-order valence-corrected chi connectivity index (χ1v) is 8.22. The fourth-order valence-electron chi connectivity index (χ4n) is 4.55. The van der Waals surface area contributed by atoms with Crippen LogP contribution in [0.25, 0.3) is 0 Å². The van der Waals surface area contributed by atoms with Gasteiger partial charge in [-0.15, -0.1) is 0 Å². The first-order valence-electron chi connectivity index (χ1n) is 8.22. The highest BCUT2D eigenvalue weighted by Gasteiger charge is 2.40. The van der Waals surface area contributed by atoms with Crippen LogP contribution in [0.4, 0.5) is 0 Å². The molecular weight excluding hydrogens is 244 g/mol. The van der Waals surface area contributed by atoms with Gasteiger partial charge in [0.25, 0.3) is 0 Å². The van der Waals surface area contributed by atoms with Crippen molar-refractivity contribution in [1.29, 1.82) is 0 Å². The van der Waals surface area contributed by atoms with Crippen molar-refractivity contribution < 1.29 is 5.11 Å². The van der Waals surface area contributed by atoms with Gasteiger partial charge in [-0.05, 0) is 60.0 Å². The van der Waals surface area contributed by atoms with E-state index >= 15 is 0 Å². The Labute approximate surface area is 123 Å². The molecule has 2 fully saturated rings. The smallest absolute Gasteiger partial charge is 0.0795 e. The predicted molar refractivity (Wildman–Crippen MR) is 83.7 cm³/mol. The summed E-state index contributed by atoms with van der Waals surface area (Å²) in [5, 5.41) is 10.8. The van der Waals surface area contributed by atoms with Crippen LogP contribution in [-0.4, -0.2) is 5.11 Å². The molecule has 0 heterocycles. The van der Waals surface area contributed by atoms with Crippen LogP contribution in [0.2, 0.25) is 0 Å². The summed E-state index contributed by atoms with van der Waals surface area (Å²) in [5.41, 5.74) is 2.56. The molecule has 3 rings (SSSR count). The van der Waals surface area contributed by atoms with Gasteiger partial charge in [-0.25, -0.2) is 0 Å². The van der Waals surface area contributed by atoms with Gasteiger partial charge in [-0.3, -0.25) is 0 Å². The van der Waals surface area contributed by atoms with Crippen LogP contribution in [0.5, 0.6) is 0 Å². The van der Waals surface area contributed by atoms with Gasteiger partial charge >= 0.3 is 0 Å². The number of hydrogen-bond acceptors (Lipinski definition) is 1. The average Bonchev–Trinajstić information content (AvgIpc) is 3.00. The second-order valence-electron chi connectivity index (χ2n) is 8.02. The Morgan fingerprint density at radius 3 is 2.50 bits per heavy atom. The lowest BCUT2D eigenvalue weighted by Crippen LogP contribution is -2.19. The van der Waals surface area contributed by atoms with Crippen molar-refractivity contribution in [3.05, 3.63) is 35.4 Å². The van der Waals surface area contributed by atoms with Crippen LogP contribution in [0.1, 0.15) is 70.1 Å². The van der Waals surface area contributed by atoms with Crippen molar-refractivity contribution in [2.24, 2.45) is 17.8 Å². The molecule has 1 aromatic rings. The molecule has 1 heteroatoms. The third kappa shape index (κ3) is 2.65. The number of hydrogen-bond donors (Lipinski definition) is 1. The van der Waals surface area contributed by atoms with Crippen molar-refractivity contribution in [3.63, 3.8) is 0 Å². The van der Waals surface area contributed by atoms with Crippen molar-refractivity contribution in [2.45, 2.75) is 64.4 Å². The minimum atomic E-state index is -0.283. The van der Waals surface area contributed by atoms with E-state index in [1.807, 2.05) is 0 Å². The van der Waals surface area contributed by atoms with Crippen LogP contribution in [0.15, 0.2) is 24.3 Å². The highest BCUT2D eigenvalue weighted by molar-refractivity contribution is 5.34. The molecule has 2 bridgehead atoms. The van der Waals surface area contributed by atoms with Gasteiger partial charge in [0, 0.05) is 0 Å². The van der Waals surface area contributed by atoms with E-state index in [0.717, 1.165) is 29.7 Å². The normalized spacial score (nSPS) is 30.7. The maximum absolute atomic E-state index is 10.8. The van der Waals surface area contributed by atoms with E-state index in [0.29, 0.717) is 0 Å².